The van der Waals surface area contributed by atoms with E-state index in [2.05, 4.69) is 4.90 Å². The van der Waals surface area contributed by atoms with Crippen molar-refractivity contribution in [3.8, 4) is 0 Å². The molecule has 2 heterocycles. The van der Waals surface area contributed by atoms with Crippen molar-refractivity contribution in [2.75, 3.05) is 46.5 Å². The third kappa shape index (κ3) is 6.49. The zero-order chi connectivity index (χ0) is 24.8. The van der Waals surface area contributed by atoms with Gasteiger partial charge in [-0.3, -0.25) is 4.90 Å². The van der Waals surface area contributed by atoms with Crippen molar-refractivity contribution >= 4 is 27.7 Å². The number of hydrogen-bond donors (Lipinski definition) is 0. The van der Waals surface area contributed by atoms with E-state index < -0.39 is 16.1 Å². The first kappa shape index (κ1) is 26.7. The highest BCUT2D eigenvalue weighted by atomic mass is 35.5. The van der Waals surface area contributed by atoms with E-state index >= 15 is 0 Å². The van der Waals surface area contributed by atoms with Crippen LogP contribution in [0.2, 0.25) is 5.02 Å². The van der Waals surface area contributed by atoms with Crippen molar-refractivity contribution < 1.29 is 22.7 Å². The Balaban J connectivity index is 1.38. The number of hydrogen-bond acceptors (Lipinski definition) is 6. The van der Waals surface area contributed by atoms with E-state index in [1.54, 1.807) is 24.1 Å². The number of carbonyl (C=O) groups excluding carboxylic acids is 1. The summed E-state index contributed by atoms with van der Waals surface area (Å²) in [7, 11) is -2.24. The number of carbonyl (C=O) groups is 1. The van der Waals surface area contributed by atoms with Gasteiger partial charge in [0.2, 0.25) is 10.0 Å². The fraction of sp³-hybridized carbons (Fsp3) is 0.720. The van der Waals surface area contributed by atoms with E-state index in [1.807, 2.05) is 0 Å². The molecule has 1 saturated carbocycles. The van der Waals surface area contributed by atoms with Crippen LogP contribution in [0.15, 0.2) is 29.2 Å². The molecular formula is C25H38ClN3O5S. The van der Waals surface area contributed by atoms with Gasteiger partial charge < -0.3 is 14.4 Å². The Bertz CT molecular complexity index is 929. The molecule has 1 aromatic rings. The van der Waals surface area contributed by atoms with Crippen LogP contribution in [0, 0.1) is 0 Å². The second-order valence-corrected chi connectivity index (χ2v) is 12.2. The highest BCUT2D eigenvalue weighted by molar-refractivity contribution is 7.89. The SMILES string of the molecule is COC[C@H]1CCC[C@@H](COC(=O)N2CCN(C3CCCCC3)CC2)N1S(=O)(=O)c1ccc(Cl)cc1. The summed E-state index contributed by atoms with van der Waals surface area (Å²) in [5, 5.41) is 0.477. The van der Waals surface area contributed by atoms with E-state index in [0.29, 0.717) is 43.6 Å². The smallest absolute Gasteiger partial charge is 0.409 e. The lowest BCUT2D eigenvalue weighted by atomic mass is 9.94. The van der Waals surface area contributed by atoms with Crippen molar-refractivity contribution in [2.24, 2.45) is 0 Å². The van der Waals surface area contributed by atoms with Crippen LogP contribution in [0.25, 0.3) is 0 Å². The molecule has 0 N–H and O–H groups in total. The predicted molar refractivity (Wildman–Crippen MR) is 135 cm³/mol. The summed E-state index contributed by atoms with van der Waals surface area (Å²) < 4.78 is 39.7. The molecule has 8 nitrogen and oxygen atoms in total. The topological polar surface area (TPSA) is 79.4 Å². The molecule has 1 amide bonds. The Morgan fingerprint density at radius 1 is 0.914 bits per heavy atom. The Labute approximate surface area is 214 Å². The molecule has 0 aromatic heterocycles. The van der Waals surface area contributed by atoms with Gasteiger partial charge in [0.1, 0.15) is 6.61 Å². The maximum absolute atomic E-state index is 13.6. The van der Waals surface area contributed by atoms with Crippen molar-refractivity contribution in [2.45, 2.75) is 74.4 Å². The van der Waals surface area contributed by atoms with Crippen molar-refractivity contribution in [1.29, 1.82) is 0 Å². The van der Waals surface area contributed by atoms with Gasteiger partial charge in [0.05, 0.1) is 17.5 Å². The van der Waals surface area contributed by atoms with Gasteiger partial charge in [-0.1, -0.05) is 37.3 Å². The number of rotatable bonds is 7. The number of piperazine rings is 1. The van der Waals surface area contributed by atoms with Gasteiger partial charge in [-0.05, 0) is 49.9 Å². The number of benzene rings is 1. The maximum Gasteiger partial charge on any atom is 0.409 e. The molecule has 4 rings (SSSR count). The Kier molecular flexibility index (Phi) is 9.32. The lowest BCUT2D eigenvalue weighted by Crippen LogP contribution is -2.55. The average Bonchev–Trinajstić information content (AvgIpc) is 2.88. The van der Waals surface area contributed by atoms with E-state index in [9.17, 15) is 13.2 Å². The Morgan fingerprint density at radius 3 is 2.17 bits per heavy atom. The molecule has 0 bridgehead atoms. The van der Waals surface area contributed by atoms with Crippen molar-refractivity contribution in [1.82, 2.24) is 14.1 Å². The second-order valence-electron chi connectivity index (χ2n) is 9.87. The van der Waals surface area contributed by atoms with Crippen LogP contribution in [-0.2, 0) is 19.5 Å². The third-order valence-corrected chi connectivity index (χ3v) is 9.88. The molecular weight excluding hydrogens is 490 g/mol. The number of sulfonamides is 1. The number of nitrogens with zero attached hydrogens (tertiary/aromatic N) is 3. The van der Waals surface area contributed by atoms with Gasteiger partial charge in [-0.15, -0.1) is 0 Å². The highest BCUT2D eigenvalue weighted by Crippen LogP contribution is 2.31. The molecule has 1 aromatic carbocycles. The summed E-state index contributed by atoms with van der Waals surface area (Å²) in [4.78, 5) is 17.3. The van der Waals surface area contributed by atoms with E-state index in [1.165, 1.54) is 48.5 Å². The standard InChI is InChI=1S/C25H38ClN3O5S/c1-33-18-22-8-5-9-23(29(22)35(31,32)24-12-10-20(26)11-13-24)19-34-25(30)28-16-14-27(15-17-28)21-6-3-2-4-7-21/h10-13,21-23H,2-9,14-19H2,1H3/t22-,23+/m1/s1. The molecule has 0 unspecified atom stereocenters. The van der Waals surface area contributed by atoms with Crippen LogP contribution in [0.5, 0.6) is 0 Å². The number of amides is 1. The van der Waals surface area contributed by atoms with Crippen LogP contribution in [0.4, 0.5) is 4.79 Å². The predicted octanol–water partition coefficient (Wildman–Crippen LogP) is 3.99. The van der Waals surface area contributed by atoms with E-state index in [-0.39, 0.29) is 23.6 Å². The summed E-state index contributed by atoms with van der Waals surface area (Å²) in [6, 6.07) is 6.09. The molecule has 1 aliphatic carbocycles. The van der Waals surface area contributed by atoms with Crippen LogP contribution in [0.1, 0.15) is 51.4 Å². The van der Waals surface area contributed by atoms with Crippen molar-refractivity contribution in [3.63, 3.8) is 0 Å². The molecule has 35 heavy (non-hydrogen) atoms. The zero-order valence-corrected chi connectivity index (χ0v) is 22.2. The Morgan fingerprint density at radius 2 is 1.54 bits per heavy atom. The highest BCUT2D eigenvalue weighted by Gasteiger charge is 2.41. The molecule has 196 valence electrons. The Hall–Kier alpha value is -1.39. The first-order valence-electron chi connectivity index (χ1n) is 12.8. The van der Waals surface area contributed by atoms with E-state index in [4.69, 9.17) is 21.1 Å². The largest absolute Gasteiger partial charge is 0.448 e. The second kappa shape index (κ2) is 12.2. The number of halogens is 1. The lowest BCUT2D eigenvalue weighted by Gasteiger charge is -2.41. The summed E-state index contributed by atoms with van der Waals surface area (Å²) >= 11 is 5.97. The minimum absolute atomic E-state index is 0.0364. The van der Waals surface area contributed by atoms with Gasteiger partial charge in [-0.2, -0.15) is 4.31 Å². The fourth-order valence-corrected chi connectivity index (χ4v) is 7.71. The molecule has 3 aliphatic rings. The first-order chi connectivity index (χ1) is 16.9. The van der Waals surface area contributed by atoms with Crippen molar-refractivity contribution in [3.05, 3.63) is 29.3 Å². The normalized spacial score (nSPS) is 25.5. The summed E-state index contributed by atoms with van der Waals surface area (Å²) in [5.41, 5.74) is 0. The van der Waals surface area contributed by atoms with Crippen LogP contribution in [0.3, 0.4) is 0 Å². The van der Waals surface area contributed by atoms with E-state index in [0.717, 1.165) is 19.5 Å². The lowest BCUT2D eigenvalue weighted by molar-refractivity contribution is 0.0283. The molecule has 0 spiro atoms. The fourth-order valence-electron chi connectivity index (χ4n) is 5.74. The van der Waals surface area contributed by atoms with Crippen LogP contribution < -0.4 is 0 Å². The molecule has 2 aliphatic heterocycles. The summed E-state index contributed by atoms with van der Waals surface area (Å²) in [5.74, 6) is 0. The maximum atomic E-state index is 13.6. The van der Waals surface area contributed by atoms with Gasteiger partial charge in [-0.25, -0.2) is 13.2 Å². The monoisotopic (exact) mass is 527 g/mol. The minimum atomic E-state index is -3.81. The summed E-state index contributed by atoms with van der Waals surface area (Å²) in [6.07, 6.45) is 8.28. The third-order valence-electron chi connectivity index (χ3n) is 7.61. The molecule has 3 fully saturated rings. The molecule has 0 radical (unpaired) electrons. The van der Waals surface area contributed by atoms with Gasteiger partial charge >= 0.3 is 6.09 Å². The van der Waals surface area contributed by atoms with Crippen LogP contribution in [-0.4, -0.2) is 93.2 Å². The quantitative estimate of drug-likeness (QED) is 0.533. The zero-order valence-electron chi connectivity index (χ0n) is 20.6. The van der Waals surface area contributed by atoms with Gasteiger partial charge in [0.25, 0.3) is 0 Å². The minimum Gasteiger partial charge on any atom is -0.448 e. The first-order valence-corrected chi connectivity index (χ1v) is 14.7. The van der Waals surface area contributed by atoms with Gasteiger partial charge in [0.15, 0.2) is 0 Å². The van der Waals surface area contributed by atoms with Gasteiger partial charge in [0, 0.05) is 50.4 Å². The number of piperidine rings is 1. The molecule has 2 saturated heterocycles. The molecule has 10 heteroatoms. The average molecular weight is 528 g/mol. The molecule has 2 atom stereocenters. The van der Waals surface area contributed by atoms with Crippen LogP contribution >= 0.6 is 11.6 Å². The number of ether oxygens (including phenoxy) is 2. The summed E-state index contributed by atoms with van der Waals surface area (Å²) in [6.45, 7) is 3.37. The number of methoxy groups -OCH3 is 1.